The van der Waals surface area contributed by atoms with Gasteiger partial charge in [-0.25, -0.2) is 9.37 Å². The fraction of sp³-hybridized carbons (Fsp3) is 0.412. The molecule has 2 unspecified atom stereocenters. The molecule has 22 heavy (non-hydrogen) atoms. The average molecular weight is 300 g/mol. The summed E-state index contributed by atoms with van der Waals surface area (Å²) in [6.45, 7) is 3.11. The normalized spacial score (nSPS) is 21.2. The third-order valence-electron chi connectivity index (χ3n) is 4.24. The minimum Gasteiger partial charge on any atom is -0.353 e. The quantitative estimate of drug-likeness (QED) is 0.872. The van der Waals surface area contributed by atoms with Gasteiger partial charge in [0.25, 0.3) is 0 Å². The van der Waals surface area contributed by atoms with E-state index in [1.807, 2.05) is 37.2 Å². The molecule has 116 valence electrons. The van der Waals surface area contributed by atoms with E-state index >= 15 is 0 Å². The molecule has 2 heterocycles. The summed E-state index contributed by atoms with van der Waals surface area (Å²) in [5.74, 6) is 1.90. The smallest absolute Gasteiger partial charge is 0.226 e. The van der Waals surface area contributed by atoms with Gasteiger partial charge in [0.1, 0.15) is 11.6 Å². The number of aromatic nitrogens is 2. The van der Waals surface area contributed by atoms with Crippen LogP contribution in [0.4, 0.5) is 16.2 Å². The van der Waals surface area contributed by atoms with Gasteiger partial charge >= 0.3 is 0 Å². The molecule has 2 aromatic rings. The molecule has 0 spiro atoms. The van der Waals surface area contributed by atoms with Crippen molar-refractivity contribution >= 4 is 11.8 Å². The first-order valence-electron chi connectivity index (χ1n) is 7.57. The predicted molar refractivity (Wildman–Crippen MR) is 86.9 cm³/mol. The first-order chi connectivity index (χ1) is 10.5. The van der Waals surface area contributed by atoms with Crippen LogP contribution in [-0.2, 0) is 0 Å². The van der Waals surface area contributed by atoms with Crippen LogP contribution >= 0.6 is 0 Å². The van der Waals surface area contributed by atoms with Crippen molar-refractivity contribution in [3.05, 3.63) is 47.9 Å². The largest absolute Gasteiger partial charge is 0.353 e. The van der Waals surface area contributed by atoms with Gasteiger partial charge < -0.3 is 9.80 Å². The van der Waals surface area contributed by atoms with Crippen molar-refractivity contribution in [2.45, 2.75) is 25.3 Å². The van der Waals surface area contributed by atoms with Crippen LogP contribution in [0.1, 0.15) is 24.8 Å². The number of benzene rings is 1. The maximum absolute atomic E-state index is 13.1. The van der Waals surface area contributed by atoms with E-state index in [-0.39, 0.29) is 5.82 Å². The molecule has 1 aromatic heterocycles. The van der Waals surface area contributed by atoms with Crippen LogP contribution in [0.25, 0.3) is 0 Å². The summed E-state index contributed by atoms with van der Waals surface area (Å²) < 4.78 is 13.1. The lowest BCUT2D eigenvalue weighted by molar-refractivity contribution is 0.625. The molecular weight excluding hydrogens is 279 g/mol. The molecule has 5 heteroatoms. The lowest BCUT2D eigenvalue weighted by Crippen LogP contribution is -2.28. The zero-order valence-electron chi connectivity index (χ0n) is 13.2. The SMILES string of the molecule is CC1CC(c2ccc(F)cc2)CN1c1ccnc(N(C)C)n1. The number of anilines is 2. The van der Waals surface area contributed by atoms with E-state index in [4.69, 9.17) is 0 Å². The number of nitrogens with zero attached hydrogens (tertiary/aromatic N) is 4. The van der Waals surface area contributed by atoms with Gasteiger partial charge in [-0.2, -0.15) is 4.98 Å². The highest BCUT2D eigenvalue weighted by Gasteiger charge is 2.31. The Morgan fingerprint density at radius 1 is 1.18 bits per heavy atom. The number of rotatable bonds is 3. The molecule has 2 atom stereocenters. The molecule has 0 amide bonds. The Bertz CT molecular complexity index is 641. The van der Waals surface area contributed by atoms with Gasteiger partial charge in [0, 0.05) is 38.8 Å². The first-order valence-corrected chi connectivity index (χ1v) is 7.57. The molecule has 0 aliphatic carbocycles. The van der Waals surface area contributed by atoms with E-state index in [0.717, 1.165) is 24.7 Å². The van der Waals surface area contributed by atoms with Crippen molar-refractivity contribution in [1.29, 1.82) is 0 Å². The van der Waals surface area contributed by atoms with Crippen LogP contribution in [0, 0.1) is 5.82 Å². The van der Waals surface area contributed by atoms with Crippen molar-refractivity contribution in [2.75, 3.05) is 30.4 Å². The summed E-state index contributed by atoms with van der Waals surface area (Å²) in [6, 6.07) is 9.22. The Labute approximate surface area is 130 Å². The van der Waals surface area contributed by atoms with Crippen molar-refractivity contribution in [2.24, 2.45) is 0 Å². The fourth-order valence-corrected chi connectivity index (χ4v) is 3.04. The standard InChI is InChI=1S/C17H21FN4/c1-12-10-14(13-4-6-15(18)7-5-13)11-22(12)16-8-9-19-17(20-16)21(2)3/h4-9,12,14H,10-11H2,1-3H3. The van der Waals surface area contributed by atoms with Crippen LogP contribution in [-0.4, -0.2) is 36.6 Å². The Morgan fingerprint density at radius 2 is 1.91 bits per heavy atom. The maximum Gasteiger partial charge on any atom is 0.226 e. The molecule has 0 N–H and O–H groups in total. The van der Waals surface area contributed by atoms with Gasteiger partial charge in [0.2, 0.25) is 5.95 Å². The minimum absolute atomic E-state index is 0.182. The predicted octanol–water partition coefficient (Wildman–Crippen LogP) is 3.06. The van der Waals surface area contributed by atoms with Crippen LogP contribution in [0.2, 0.25) is 0 Å². The van der Waals surface area contributed by atoms with Crippen LogP contribution in [0.3, 0.4) is 0 Å². The monoisotopic (exact) mass is 300 g/mol. The molecule has 1 saturated heterocycles. The van der Waals surface area contributed by atoms with E-state index in [2.05, 4.69) is 21.8 Å². The summed E-state index contributed by atoms with van der Waals surface area (Å²) in [5.41, 5.74) is 1.19. The number of hydrogen-bond donors (Lipinski definition) is 0. The minimum atomic E-state index is -0.182. The molecule has 1 fully saturated rings. The van der Waals surface area contributed by atoms with Gasteiger partial charge in [-0.05, 0) is 37.1 Å². The molecule has 1 aliphatic rings. The average Bonchev–Trinajstić information content (AvgIpc) is 2.90. The summed E-state index contributed by atoms with van der Waals surface area (Å²) in [4.78, 5) is 13.1. The van der Waals surface area contributed by atoms with Gasteiger partial charge in [0.15, 0.2) is 0 Å². The summed E-state index contributed by atoms with van der Waals surface area (Å²) >= 11 is 0. The van der Waals surface area contributed by atoms with Crippen molar-refractivity contribution in [3.63, 3.8) is 0 Å². The van der Waals surface area contributed by atoms with Gasteiger partial charge in [-0.1, -0.05) is 12.1 Å². The highest BCUT2D eigenvalue weighted by atomic mass is 19.1. The number of hydrogen-bond acceptors (Lipinski definition) is 4. The van der Waals surface area contributed by atoms with Crippen molar-refractivity contribution in [3.8, 4) is 0 Å². The summed E-state index contributed by atoms with van der Waals surface area (Å²) in [7, 11) is 3.88. The molecule has 4 nitrogen and oxygen atoms in total. The maximum atomic E-state index is 13.1. The Morgan fingerprint density at radius 3 is 2.59 bits per heavy atom. The second-order valence-electron chi connectivity index (χ2n) is 6.09. The topological polar surface area (TPSA) is 32.3 Å². The van der Waals surface area contributed by atoms with E-state index in [9.17, 15) is 4.39 Å². The van der Waals surface area contributed by atoms with Gasteiger partial charge in [-0.15, -0.1) is 0 Å². The van der Waals surface area contributed by atoms with Crippen LogP contribution in [0.15, 0.2) is 36.5 Å². The van der Waals surface area contributed by atoms with Gasteiger partial charge in [0.05, 0.1) is 0 Å². The van der Waals surface area contributed by atoms with Gasteiger partial charge in [-0.3, -0.25) is 0 Å². The highest BCUT2D eigenvalue weighted by Crippen LogP contribution is 2.34. The van der Waals surface area contributed by atoms with Crippen molar-refractivity contribution in [1.82, 2.24) is 9.97 Å². The molecule has 3 rings (SSSR count). The Kier molecular flexibility index (Phi) is 3.96. The first kappa shape index (κ1) is 14.8. The summed E-state index contributed by atoms with van der Waals surface area (Å²) in [6.07, 6.45) is 2.85. The zero-order valence-corrected chi connectivity index (χ0v) is 13.2. The second-order valence-corrected chi connectivity index (χ2v) is 6.09. The lowest BCUT2D eigenvalue weighted by atomic mass is 9.97. The van der Waals surface area contributed by atoms with E-state index in [1.54, 1.807) is 6.20 Å². The summed E-state index contributed by atoms with van der Waals surface area (Å²) in [5, 5.41) is 0. The molecule has 1 aliphatic heterocycles. The third-order valence-corrected chi connectivity index (χ3v) is 4.24. The third kappa shape index (κ3) is 2.89. The second kappa shape index (κ2) is 5.91. The highest BCUT2D eigenvalue weighted by molar-refractivity contribution is 5.46. The molecule has 0 bridgehead atoms. The molecule has 0 saturated carbocycles. The van der Waals surface area contributed by atoms with Crippen molar-refractivity contribution < 1.29 is 4.39 Å². The molecule has 0 radical (unpaired) electrons. The Hall–Kier alpha value is -2.17. The Balaban J connectivity index is 1.81. The lowest BCUT2D eigenvalue weighted by Gasteiger charge is -2.23. The van der Waals surface area contributed by atoms with E-state index in [1.165, 1.54) is 17.7 Å². The van der Waals surface area contributed by atoms with E-state index < -0.39 is 0 Å². The van der Waals surface area contributed by atoms with E-state index in [0.29, 0.717) is 12.0 Å². The fourth-order valence-electron chi connectivity index (χ4n) is 3.04. The van der Waals surface area contributed by atoms with Crippen LogP contribution in [0.5, 0.6) is 0 Å². The molecule has 1 aromatic carbocycles. The molecular formula is C17H21FN4. The number of halogens is 1. The zero-order chi connectivity index (χ0) is 15.7. The van der Waals surface area contributed by atoms with Crippen LogP contribution < -0.4 is 9.80 Å².